The predicted molar refractivity (Wildman–Crippen MR) is 65.6 cm³/mol. The Morgan fingerprint density at radius 3 is 2.82 bits per heavy atom. The molecule has 0 bridgehead atoms. The molecule has 1 aliphatic rings. The van der Waals surface area contributed by atoms with E-state index >= 15 is 0 Å². The molecule has 94 valence electrons. The molecule has 1 N–H and O–H groups in total. The fourth-order valence-electron chi connectivity index (χ4n) is 2.12. The monoisotopic (exact) mass is 236 g/mol. The van der Waals surface area contributed by atoms with Crippen LogP contribution in [0.5, 0.6) is 0 Å². The smallest absolute Gasteiger partial charge is 0.274 e. The van der Waals surface area contributed by atoms with Gasteiger partial charge in [0.15, 0.2) is 5.69 Å². The molecule has 0 spiro atoms. The highest BCUT2D eigenvalue weighted by molar-refractivity contribution is 5.93. The number of aromatic amines is 1. The summed E-state index contributed by atoms with van der Waals surface area (Å²) in [5, 5.41) is 7.13. The first-order valence-corrected chi connectivity index (χ1v) is 6.06. The molecule has 0 aromatic carbocycles. The average molecular weight is 236 g/mol. The van der Waals surface area contributed by atoms with E-state index < -0.39 is 0 Å². The van der Waals surface area contributed by atoms with Gasteiger partial charge >= 0.3 is 0 Å². The summed E-state index contributed by atoms with van der Waals surface area (Å²) in [7, 11) is 3.51. The molecular weight excluding hydrogens is 216 g/mol. The van der Waals surface area contributed by atoms with E-state index in [4.69, 9.17) is 0 Å². The van der Waals surface area contributed by atoms with Crippen LogP contribution in [0.3, 0.4) is 0 Å². The number of aromatic nitrogens is 2. The largest absolute Gasteiger partial charge is 0.343 e. The Bertz CT molecular complexity index is 424. The molecule has 5 nitrogen and oxygen atoms in total. The molecule has 1 aromatic rings. The van der Waals surface area contributed by atoms with Crippen molar-refractivity contribution < 1.29 is 4.79 Å². The number of hydrogen-bond donors (Lipinski definition) is 1. The zero-order valence-electron chi connectivity index (χ0n) is 10.9. The van der Waals surface area contributed by atoms with E-state index in [-0.39, 0.29) is 5.91 Å². The molecule has 0 aliphatic carbocycles. The Balaban J connectivity index is 2.20. The van der Waals surface area contributed by atoms with Crippen LogP contribution in [0.4, 0.5) is 0 Å². The molecule has 1 aromatic heterocycles. The van der Waals surface area contributed by atoms with Crippen molar-refractivity contribution in [2.45, 2.75) is 39.4 Å². The summed E-state index contributed by atoms with van der Waals surface area (Å²) in [5.74, 6) is -0.0199. The van der Waals surface area contributed by atoms with Gasteiger partial charge in [0.2, 0.25) is 0 Å². The van der Waals surface area contributed by atoms with Crippen LogP contribution in [0.25, 0.3) is 0 Å². The van der Waals surface area contributed by atoms with Gasteiger partial charge in [-0.15, -0.1) is 0 Å². The zero-order valence-corrected chi connectivity index (χ0v) is 10.9. The quantitative estimate of drug-likeness (QED) is 0.858. The Kier molecular flexibility index (Phi) is 3.19. The average Bonchev–Trinajstić information content (AvgIpc) is 2.85. The molecule has 17 heavy (non-hydrogen) atoms. The van der Waals surface area contributed by atoms with Crippen molar-refractivity contribution in [1.82, 2.24) is 20.0 Å². The fraction of sp³-hybridized carbons (Fsp3) is 0.667. The Hall–Kier alpha value is -1.36. The minimum Gasteiger partial charge on any atom is -0.343 e. The van der Waals surface area contributed by atoms with E-state index in [0.29, 0.717) is 11.7 Å². The van der Waals surface area contributed by atoms with E-state index in [0.717, 1.165) is 30.8 Å². The van der Waals surface area contributed by atoms with Gasteiger partial charge in [0, 0.05) is 38.8 Å². The van der Waals surface area contributed by atoms with Gasteiger partial charge in [-0.05, 0) is 13.3 Å². The predicted octanol–water partition coefficient (Wildman–Crippen LogP) is 1.23. The van der Waals surface area contributed by atoms with E-state index in [2.05, 4.69) is 28.9 Å². The molecule has 0 saturated carbocycles. The molecule has 0 unspecified atom stereocenters. The third kappa shape index (κ3) is 2.07. The molecule has 0 radical (unpaired) electrons. The van der Waals surface area contributed by atoms with Crippen molar-refractivity contribution in [3.05, 3.63) is 17.0 Å². The minimum atomic E-state index is -0.0199. The SMILES string of the molecule is CC[C@@H](C)N1Cc2[nH]nc(C(=O)N(C)C)c2C1. The molecule has 2 rings (SSSR count). The number of amides is 1. The third-order valence-corrected chi connectivity index (χ3v) is 3.50. The highest BCUT2D eigenvalue weighted by Gasteiger charge is 2.30. The summed E-state index contributed by atoms with van der Waals surface area (Å²) in [5.41, 5.74) is 2.75. The van der Waals surface area contributed by atoms with E-state index in [1.807, 2.05) is 0 Å². The molecule has 5 heteroatoms. The number of nitrogens with one attached hydrogen (secondary N) is 1. The van der Waals surface area contributed by atoms with E-state index in [1.54, 1.807) is 19.0 Å². The molecule has 1 amide bonds. The third-order valence-electron chi connectivity index (χ3n) is 3.50. The topological polar surface area (TPSA) is 52.2 Å². The zero-order chi connectivity index (χ0) is 12.6. The fourth-order valence-corrected chi connectivity index (χ4v) is 2.12. The first kappa shape index (κ1) is 12.1. The van der Waals surface area contributed by atoms with E-state index in [1.165, 1.54) is 0 Å². The van der Waals surface area contributed by atoms with Gasteiger partial charge in [0.1, 0.15) is 0 Å². The van der Waals surface area contributed by atoms with Crippen LogP contribution in [0.2, 0.25) is 0 Å². The van der Waals surface area contributed by atoms with Crippen molar-refractivity contribution in [2.75, 3.05) is 14.1 Å². The van der Waals surface area contributed by atoms with Gasteiger partial charge in [-0.25, -0.2) is 0 Å². The number of carbonyl (C=O) groups is 1. The number of carbonyl (C=O) groups excluding carboxylic acids is 1. The molecule has 0 saturated heterocycles. The lowest BCUT2D eigenvalue weighted by Gasteiger charge is -2.22. The van der Waals surface area contributed by atoms with Crippen molar-refractivity contribution in [3.63, 3.8) is 0 Å². The van der Waals surface area contributed by atoms with Gasteiger partial charge in [-0.3, -0.25) is 14.8 Å². The van der Waals surface area contributed by atoms with Gasteiger partial charge in [0.05, 0.1) is 5.69 Å². The van der Waals surface area contributed by atoms with Crippen LogP contribution in [0.1, 0.15) is 42.0 Å². The minimum absolute atomic E-state index is 0.0199. The number of hydrogen-bond acceptors (Lipinski definition) is 3. The maximum absolute atomic E-state index is 11.9. The van der Waals surface area contributed by atoms with Crippen LogP contribution in [0, 0.1) is 0 Å². The molecule has 1 aliphatic heterocycles. The Morgan fingerprint density at radius 1 is 1.53 bits per heavy atom. The van der Waals surface area contributed by atoms with Gasteiger partial charge < -0.3 is 4.90 Å². The standard InChI is InChI=1S/C12H20N4O/c1-5-8(2)16-6-9-10(7-16)13-14-11(9)12(17)15(3)4/h8H,5-7H2,1-4H3,(H,13,14)/t8-/m1/s1. The second-order valence-electron chi connectivity index (χ2n) is 4.89. The summed E-state index contributed by atoms with van der Waals surface area (Å²) >= 11 is 0. The van der Waals surface area contributed by atoms with Crippen molar-refractivity contribution in [2.24, 2.45) is 0 Å². The molecule has 2 heterocycles. The summed E-state index contributed by atoms with van der Waals surface area (Å²) < 4.78 is 0. The number of nitrogens with zero attached hydrogens (tertiary/aromatic N) is 3. The summed E-state index contributed by atoms with van der Waals surface area (Å²) in [4.78, 5) is 15.9. The lowest BCUT2D eigenvalue weighted by atomic mass is 10.2. The number of rotatable bonds is 3. The van der Waals surface area contributed by atoms with Gasteiger partial charge in [-0.1, -0.05) is 6.92 Å². The van der Waals surface area contributed by atoms with Gasteiger partial charge in [0.25, 0.3) is 5.91 Å². The lowest BCUT2D eigenvalue weighted by molar-refractivity contribution is 0.0819. The number of fused-ring (bicyclic) bond motifs is 1. The van der Waals surface area contributed by atoms with Crippen LogP contribution in [0.15, 0.2) is 0 Å². The second-order valence-corrected chi connectivity index (χ2v) is 4.89. The van der Waals surface area contributed by atoms with Crippen LogP contribution in [-0.4, -0.2) is 46.0 Å². The maximum Gasteiger partial charge on any atom is 0.274 e. The first-order chi connectivity index (χ1) is 8.04. The molecule has 1 atom stereocenters. The first-order valence-electron chi connectivity index (χ1n) is 6.06. The highest BCUT2D eigenvalue weighted by Crippen LogP contribution is 2.26. The molecular formula is C12H20N4O. The maximum atomic E-state index is 11.9. The normalized spacial score (nSPS) is 16.9. The molecule has 0 fully saturated rings. The summed E-state index contributed by atoms with van der Waals surface area (Å²) in [6.45, 7) is 6.10. The Labute approximate surface area is 102 Å². The number of H-pyrrole nitrogens is 1. The Morgan fingerprint density at radius 2 is 2.24 bits per heavy atom. The van der Waals surface area contributed by atoms with E-state index in [9.17, 15) is 4.79 Å². The second kappa shape index (κ2) is 4.49. The highest BCUT2D eigenvalue weighted by atomic mass is 16.2. The van der Waals surface area contributed by atoms with Crippen LogP contribution >= 0.6 is 0 Å². The lowest BCUT2D eigenvalue weighted by Crippen LogP contribution is -2.28. The van der Waals surface area contributed by atoms with Crippen molar-refractivity contribution >= 4 is 5.91 Å². The van der Waals surface area contributed by atoms with Gasteiger partial charge in [-0.2, -0.15) is 5.10 Å². The summed E-state index contributed by atoms with van der Waals surface area (Å²) in [6, 6.07) is 0.540. The summed E-state index contributed by atoms with van der Waals surface area (Å²) in [6.07, 6.45) is 1.12. The van der Waals surface area contributed by atoms with Crippen molar-refractivity contribution in [3.8, 4) is 0 Å². The van der Waals surface area contributed by atoms with Crippen LogP contribution in [-0.2, 0) is 13.1 Å². The van der Waals surface area contributed by atoms with Crippen LogP contribution < -0.4 is 0 Å². The van der Waals surface area contributed by atoms with Crippen molar-refractivity contribution in [1.29, 1.82) is 0 Å².